The molecule has 0 radical (unpaired) electrons. The van der Waals surface area contributed by atoms with Crippen molar-refractivity contribution in [2.45, 2.75) is 43.2 Å². The summed E-state index contributed by atoms with van der Waals surface area (Å²) in [4.78, 5) is 0. The van der Waals surface area contributed by atoms with Crippen LogP contribution in [0, 0.1) is 0 Å². The minimum atomic E-state index is -5.46. The van der Waals surface area contributed by atoms with Crippen molar-refractivity contribution in [3.8, 4) is 0 Å². The van der Waals surface area contributed by atoms with Gasteiger partial charge in [-0.05, 0) is 6.42 Å². The maximum atomic E-state index is 13.6. The van der Waals surface area contributed by atoms with Gasteiger partial charge in [0.2, 0.25) is 0 Å². The number of halogens is 6. The largest absolute Gasteiger partial charge is 0.495 e. The Balaban J connectivity index is 4.01. The summed E-state index contributed by atoms with van der Waals surface area (Å²) in [6.07, 6.45) is -16.3. The van der Waals surface area contributed by atoms with E-state index in [1.165, 1.54) is 0 Å². The minimum Gasteiger partial charge on any atom is -0.394 e. The van der Waals surface area contributed by atoms with E-state index in [9.17, 15) is 41.7 Å². The normalized spacial score (nSPS) is 15.0. The molecular formula is C24H42F6O13. The van der Waals surface area contributed by atoms with Crippen LogP contribution in [0.4, 0.5) is 26.3 Å². The Hall–Kier alpha value is -1.20. The third-order valence-corrected chi connectivity index (χ3v) is 4.36. The molecule has 43 heavy (non-hydrogen) atoms. The molecule has 0 aromatic heterocycles. The van der Waals surface area contributed by atoms with Gasteiger partial charge in [-0.3, -0.25) is 0 Å². The average Bonchev–Trinajstić information content (AvgIpc) is 2.88. The molecular weight excluding hydrogens is 610 g/mol. The molecule has 19 heteroatoms. The van der Waals surface area contributed by atoms with Gasteiger partial charge in [0.25, 0.3) is 0 Å². The summed E-state index contributed by atoms with van der Waals surface area (Å²) >= 11 is 0. The summed E-state index contributed by atoms with van der Waals surface area (Å²) < 4.78 is 121. The molecule has 0 aliphatic heterocycles. The standard InChI is InChI=1S/C24H42F6O13/c1-2-5-35-6-3-7-36-11-19(32)14-40-15-20(33)13-38-9-10-39-17-22(25,26)42-24(29,30)43-23(27,28)18-41-16-21(34)12-37-8-4-31/h2,19-21,31-34H,1,3-18H2. The van der Waals surface area contributed by atoms with Crippen LogP contribution in [0.25, 0.3) is 0 Å². The Morgan fingerprint density at radius 3 is 1.51 bits per heavy atom. The first kappa shape index (κ1) is 41.8. The predicted octanol–water partition coefficient (Wildman–Crippen LogP) is 0.523. The molecule has 3 unspecified atom stereocenters. The molecule has 0 spiro atoms. The van der Waals surface area contributed by atoms with E-state index in [2.05, 4.69) is 25.5 Å². The average molecular weight is 653 g/mol. The molecule has 0 rings (SSSR count). The van der Waals surface area contributed by atoms with Crippen LogP contribution in [-0.4, -0.2) is 156 Å². The van der Waals surface area contributed by atoms with Crippen molar-refractivity contribution >= 4 is 0 Å². The topological polar surface area (TPSA) is 164 Å². The van der Waals surface area contributed by atoms with Crippen molar-refractivity contribution in [2.24, 2.45) is 0 Å². The molecule has 0 aliphatic rings. The highest BCUT2D eigenvalue weighted by Gasteiger charge is 2.52. The van der Waals surface area contributed by atoms with Crippen molar-refractivity contribution in [3.63, 3.8) is 0 Å². The lowest BCUT2D eigenvalue weighted by Gasteiger charge is -2.26. The fourth-order valence-electron chi connectivity index (χ4n) is 2.69. The smallest absolute Gasteiger partial charge is 0.394 e. The summed E-state index contributed by atoms with van der Waals surface area (Å²) in [5.41, 5.74) is 0. The fraction of sp³-hybridized carbons (Fsp3) is 0.917. The highest BCUT2D eigenvalue weighted by Crippen LogP contribution is 2.33. The van der Waals surface area contributed by atoms with E-state index in [1.807, 2.05) is 0 Å². The van der Waals surface area contributed by atoms with E-state index in [4.69, 9.17) is 28.8 Å². The molecule has 0 heterocycles. The van der Waals surface area contributed by atoms with Crippen LogP contribution in [-0.2, 0) is 42.6 Å². The molecule has 0 fully saturated rings. The van der Waals surface area contributed by atoms with E-state index in [1.54, 1.807) is 6.08 Å². The summed E-state index contributed by atoms with van der Waals surface area (Å²) in [5, 5.41) is 37.4. The van der Waals surface area contributed by atoms with E-state index in [-0.39, 0.29) is 46.2 Å². The Kier molecular flexibility index (Phi) is 23.4. The van der Waals surface area contributed by atoms with Crippen LogP contribution in [0.15, 0.2) is 12.7 Å². The second kappa shape index (κ2) is 24.1. The van der Waals surface area contributed by atoms with Crippen LogP contribution in [0.3, 0.4) is 0 Å². The number of rotatable bonds is 31. The number of alkyl halides is 6. The van der Waals surface area contributed by atoms with Crippen molar-refractivity contribution in [1.82, 2.24) is 0 Å². The van der Waals surface area contributed by atoms with Crippen molar-refractivity contribution in [1.29, 1.82) is 0 Å². The molecule has 13 nitrogen and oxygen atoms in total. The van der Waals surface area contributed by atoms with Crippen LogP contribution in [0.2, 0.25) is 0 Å². The van der Waals surface area contributed by atoms with Gasteiger partial charge < -0.3 is 53.6 Å². The molecule has 0 amide bonds. The first-order chi connectivity index (χ1) is 20.2. The summed E-state index contributed by atoms with van der Waals surface area (Å²) in [6.45, 7) is -2.15. The molecule has 4 N–H and O–H groups in total. The number of ether oxygens (including phenoxy) is 9. The first-order valence-electron chi connectivity index (χ1n) is 13.1. The van der Waals surface area contributed by atoms with Gasteiger partial charge in [0.15, 0.2) is 0 Å². The molecule has 0 saturated heterocycles. The highest BCUT2D eigenvalue weighted by molar-refractivity contribution is 4.63. The summed E-state index contributed by atoms with van der Waals surface area (Å²) in [6, 6.07) is 0. The summed E-state index contributed by atoms with van der Waals surface area (Å²) in [5.74, 6) is 0. The molecule has 0 aromatic carbocycles. The number of hydrogen-bond acceptors (Lipinski definition) is 13. The van der Waals surface area contributed by atoms with Gasteiger partial charge in [-0.15, -0.1) is 15.4 Å². The zero-order valence-electron chi connectivity index (χ0n) is 23.6. The maximum Gasteiger partial charge on any atom is 0.495 e. The van der Waals surface area contributed by atoms with E-state index >= 15 is 0 Å². The van der Waals surface area contributed by atoms with E-state index in [0.717, 1.165) is 0 Å². The van der Waals surface area contributed by atoms with Gasteiger partial charge in [-0.25, -0.2) is 9.47 Å². The van der Waals surface area contributed by atoms with Crippen molar-refractivity contribution < 1.29 is 89.4 Å². The second-order valence-electron chi connectivity index (χ2n) is 8.67. The van der Waals surface area contributed by atoms with Crippen molar-refractivity contribution in [3.05, 3.63) is 12.7 Å². The predicted molar refractivity (Wildman–Crippen MR) is 133 cm³/mol. The zero-order valence-corrected chi connectivity index (χ0v) is 23.6. The quantitative estimate of drug-likeness (QED) is 0.0355. The first-order valence-corrected chi connectivity index (χ1v) is 13.1. The highest BCUT2D eigenvalue weighted by atomic mass is 19.3. The van der Waals surface area contributed by atoms with Gasteiger partial charge in [0.05, 0.1) is 72.7 Å². The lowest BCUT2D eigenvalue weighted by atomic mass is 10.4. The van der Waals surface area contributed by atoms with Gasteiger partial charge >= 0.3 is 18.5 Å². The van der Waals surface area contributed by atoms with Crippen LogP contribution < -0.4 is 0 Å². The molecule has 258 valence electrons. The van der Waals surface area contributed by atoms with E-state index in [0.29, 0.717) is 26.2 Å². The Morgan fingerprint density at radius 2 is 0.977 bits per heavy atom. The monoisotopic (exact) mass is 652 g/mol. The second-order valence-corrected chi connectivity index (χ2v) is 8.67. The lowest BCUT2D eigenvalue weighted by Crippen LogP contribution is -2.44. The minimum absolute atomic E-state index is 0.00310. The van der Waals surface area contributed by atoms with Crippen LogP contribution in [0.5, 0.6) is 0 Å². The molecule has 0 aliphatic carbocycles. The third kappa shape index (κ3) is 26.9. The molecule has 0 aromatic rings. The SMILES string of the molecule is C=CCOCCCOCC(O)COCC(O)COCCOCC(F)(F)OC(F)(F)OC(F)(F)COCC(O)COCCO. The fourth-order valence-corrected chi connectivity index (χ4v) is 2.69. The van der Waals surface area contributed by atoms with Crippen LogP contribution in [0.1, 0.15) is 6.42 Å². The van der Waals surface area contributed by atoms with Gasteiger partial charge in [0, 0.05) is 13.2 Å². The third-order valence-electron chi connectivity index (χ3n) is 4.36. The van der Waals surface area contributed by atoms with Gasteiger partial charge in [-0.2, -0.15) is 17.6 Å². The Labute approximate surface area is 245 Å². The number of hydrogen-bond donors (Lipinski definition) is 4. The van der Waals surface area contributed by atoms with E-state index < -0.39 is 69.9 Å². The Bertz CT molecular complexity index is 682. The lowest BCUT2D eigenvalue weighted by molar-refractivity contribution is -0.518. The summed E-state index contributed by atoms with van der Waals surface area (Å²) in [7, 11) is 0. The van der Waals surface area contributed by atoms with Crippen LogP contribution >= 0.6 is 0 Å². The molecule has 3 atom stereocenters. The number of aliphatic hydroxyl groups is 4. The number of aliphatic hydroxyl groups excluding tert-OH is 4. The maximum absolute atomic E-state index is 13.6. The Morgan fingerprint density at radius 1 is 0.558 bits per heavy atom. The molecule has 0 saturated carbocycles. The van der Waals surface area contributed by atoms with Crippen molar-refractivity contribution in [2.75, 3.05) is 99.1 Å². The van der Waals surface area contributed by atoms with Gasteiger partial charge in [0.1, 0.15) is 31.5 Å². The molecule has 0 bridgehead atoms. The van der Waals surface area contributed by atoms with Gasteiger partial charge in [-0.1, -0.05) is 6.08 Å². The zero-order chi connectivity index (χ0) is 32.6.